The molecule has 0 spiro atoms. The molecule has 0 aliphatic carbocycles. The van der Waals surface area contributed by atoms with Gasteiger partial charge in [0.15, 0.2) is 0 Å². The number of anilines is 1. The highest BCUT2D eigenvalue weighted by Crippen LogP contribution is 2.28. The molecule has 1 aliphatic rings. The maximum absolute atomic E-state index is 4.57. The second-order valence-corrected chi connectivity index (χ2v) is 6.54. The number of nitrogens with zero attached hydrogens (tertiary/aromatic N) is 4. The molecule has 3 rings (SSSR count). The summed E-state index contributed by atoms with van der Waals surface area (Å²) in [5, 5.41) is 4.25. The van der Waals surface area contributed by atoms with Crippen molar-refractivity contribution in [3.05, 3.63) is 40.3 Å². The van der Waals surface area contributed by atoms with Crippen LogP contribution in [0.5, 0.6) is 0 Å². The summed E-state index contributed by atoms with van der Waals surface area (Å²) in [5.41, 5.74) is 2.57. The van der Waals surface area contributed by atoms with Crippen LogP contribution in [0.25, 0.3) is 0 Å². The third-order valence-corrected chi connectivity index (χ3v) is 4.32. The Morgan fingerprint density at radius 2 is 2.25 bits per heavy atom. The Hall–Kier alpha value is -1.36. The summed E-state index contributed by atoms with van der Waals surface area (Å²) >= 11 is 3.47. The Labute approximate surface area is 127 Å². The molecule has 1 atom stereocenters. The predicted octanol–water partition coefficient (Wildman–Crippen LogP) is 2.96. The van der Waals surface area contributed by atoms with Gasteiger partial charge in [-0.05, 0) is 58.8 Å². The van der Waals surface area contributed by atoms with Crippen LogP contribution < -0.4 is 4.90 Å². The lowest BCUT2D eigenvalue weighted by atomic mass is 10.0. The lowest BCUT2D eigenvalue weighted by Gasteiger charge is -2.19. The van der Waals surface area contributed by atoms with Gasteiger partial charge >= 0.3 is 0 Å². The number of pyridine rings is 1. The molecule has 0 aromatic carbocycles. The fourth-order valence-corrected chi connectivity index (χ4v) is 3.41. The van der Waals surface area contributed by atoms with E-state index < -0.39 is 0 Å². The summed E-state index contributed by atoms with van der Waals surface area (Å²) in [5.74, 6) is 1.82. The summed E-state index contributed by atoms with van der Waals surface area (Å²) in [6.07, 6.45) is 8.32. The van der Waals surface area contributed by atoms with Crippen LogP contribution in [0.15, 0.2) is 29.1 Å². The van der Waals surface area contributed by atoms with Crippen molar-refractivity contribution in [1.29, 1.82) is 0 Å². The molecule has 0 bridgehead atoms. The molecule has 1 saturated heterocycles. The summed E-state index contributed by atoms with van der Waals surface area (Å²) in [4.78, 5) is 6.97. The predicted molar refractivity (Wildman–Crippen MR) is 83.9 cm³/mol. The van der Waals surface area contributed by atoms with Gasteiger partial charge in [0.25, 0.3) is 0 Å². The standard InChI is InChI=1S/C15H19BrN4/c1-11-5-14(16)8-17-15(11)20-4-3-12(10-20)6-13-7-18-19(2)9-13/h5,7-9,12H,3-4,6,10H2,1-2H3. The van der Waals surface area contributed by atoms with Crippen LogP contribution in [-0.4, -0.2) is 27.9 Å². The second kappa shape index (κ2) is 5.56. The van der Waals surface area contributed by atoms with E-state index in [9.17, 15) is 0 Å². The number of aryl methyl sites for hydroxylation is 2. The first-order chi connectivity index (χ1) is 9.61. The Morgan fingerprint density at radius 1 is 1.40 bits per heavy atom. The van der Waals surface area contributed by atoms with Crippen molar-refractivity contribution in [2.24, 2.45) is 13.0 Å². The summed E-state index contributed by atoms with van der Waals surface area (Å²) in [7, 11) is 1.97. The molecule has 3 heterocycles. The molecular weight excluding hydrogens is 316 g/mol. The normalized spacial score (nSPS) is 18.8. The zero-order valence-corrected chi connectivity index (χ0v) is 13.5. The second-order valence-electron chi connectivity index (χ2n) is 5.62. The highest BCUT2D eigenvalue weighted by atomic mass is 79.9. The van der Waals surface area contributed by atoms with Crippen LogP contribution in [0, 0.1) is 12.8 Å². The maximum Gasteiger partial charge on any atom is 0.131 e. The number of halogens is 1. The van der Waals surface area contributed by atoms with Crippen LogP contribution in [0.2, 0.25) is 0 Å². The third-order valence-electron chi connectivity index (χ3n) is 3.89. The number of aromatic nitrogens is 3. The zero-order valence-electron chi connectivity index (χ0n) is 11.9. The van der Waals surface area contributed by atoms with Gasteiger partial charge in [-0.3, -0.25) is 4.68 Å². The largest absolute Gasteiger partial charge is 0.356 e. The molecule has 20 heavy (non-hydrogen) atoms. The fraction of sp³-hybridized carbons (Fsp3) is 0.467. The van der Waals surface area contributed by atoms with E-state index in [1.54, 1.807) is 0 Å². The minimum atomic E-state index is 0.698. The van der Waals surface area contributed by atoms with Crippen LogP contribution in [0.1, 0.15) is 17.5 Å². The first-order valence-electron chi connectivity index (χ1n) is 6.96. The third kappa shape index (κ3) is 2.87. The summed E-state index contributed by atoms with van der Waals surface area (Å²) in [6.45, 7) is 4.31. The van der Waals surface area contributed by atoms with Crippen molar-refractivity contribution in [1.82, 2.24) is 14.8 Å². The molecule has 0 saturated carbocycles. The monoisotopic (exact) mass is 334 g/mol. The summed E-state index contributed by atoms with van der Waals surface area (Å²) in [6, 6.07) is 2.14. The highest BCUT2D eigenvalue weighted by Gasteiger charge is 2.24. The first kappa shape index (κ1) is 13.6. The molecule has 5 heteroatoms. The van der Waals surface area contributed by atoms with Gasteiger partial charge in [0.1, 0.15) is 5.82 Å². The molecule has 1 aliphatic heterocycles. The first-order valence-corrected chi connectivity index (χ1v) is 7.76. The number of hydrogen-bond donors (Lipinski definition) is 0. The number of rotatable bonds is 3. The van der Waals surface area contributed by atoms with Crippen LogP contribution in [-0.2, 0) is 13.5 Å². The van der Waals surface area contributed by atoms with E-state index in [0.717, 1.165) is 29.8 Å². The van der Waals surface area contributed by atoms with Gasteiger partial charge in [0.05, 0.1) is 6.20 Å². The fourth-order valence-electron chi connectivity index (χ4n) is 2.97. The van der Waals surface area contributed by atoms with Gasteiger partial charge in [-0.15, -0.1) is 0 Å². The zero-order chi connectivity index (χ0) is 14.1. The van der Waals surface area contributed by atoms with Crippen molar-refractivity contribution < 1.29 is 0 Å². The lowest BCUT2D eigenvalue weighted by molar-refractivity contribution is 0.585. The minimum absolute atomic E-state index is 0.698. The van der Waals surface area contributed by atoms with Crippen molar-refractivity contribution in [2.75, 3.05) is 18.0 Å². The van der Waals surface area contributed by atoms with E-state index in [2.05, 4.69) is 50.1 Å². The smallest absolute Gasteiger partial charge is 0.131 e. The minimum Gasteiger partial charge on any atom is -0.356 e. The quantitative estimate of drug-likeness (QED) is 0.865. The SMILES string of the molecule is Cc1cc(Br)cnc1N1CCC(Cc2cnn(C)c2)C1. The molecule has 0 amide bonds. The van der Waals surface area contributed by atoms with Gasteiger partial charge in [-0.1, -0.05) is 0 Å². The number of hydrogen-bond acceptors (Lipinski definition) is 3. The van der Waals surface area contributed by atoms with E-state index in [1.165, 1.54) is 17.5 Å². The van der Waals surface area contributed by atoms with Crippen molar-refractivity contribution in [2.45, 2.75) is 19.8 Å². The van der Waals surface area contributed by atoms with Gasteiger partial charge in [0, 0.05) is 37.0 Å². The highest BCUT2D eigenvalue weighted by molar-refractivity contribution is 9.10. The molecule has 1 unspecified atom stereocenters. The topological polar surface area (TPSA) is 34.0 Å². The van der Waals surface area contributed by atoms with E-state index in [0.29, 0.717) is 5.92 Å². The van der Waals surface area contributed by atoms with E-state index in [4.69, 9.17) is 0 Å². The van der Waals surface area contributed by atoms with E-state index in [-0.39, 0.29) is 0 Å². The average molecular weight is 335 g/mol. The van der Waals surface area contributed by atoms with Crippen LogP contribution in [0.3, 0.4) is 0 Å². The van der Waals surface area contributed by atoms with Crippen molar-refractivity contribution in [3.63, 3.8) is 0 Å². The maximum atomic E-state index is 4.57. The van der Waals surface area contributed by atoms with Gasteiger partial charge in [-0.2, -0.15) is 5.10 Å². The van der Waals surface area contributed by atoms with Gasteiger partial charge in [-0.25, -0.2) is 4.98 Å². The Bertz CT molecular complexity index is 608. The molecule has 0 radical (unpaired) electrons. The van der Waals surface area contributed by atoms with E-state index in [1.807, 2.05) is 24.1 Å². The summed E-state index contributed by atoms with van der Waals surface area (Å²) < 4.78 is 2.92. The lowest BCUT2D eigenvalue weighted by Crippen LogP contribution is -2.22. The molecule has 2 aromatic heterocycles. The van der Waals surface area contributed by atoms with Crippen LogP contribution >= 0.6 is 15.9 Å². The Kier molecular flexibility index (Phi) is 3.78. The van der Waals surface area contributed by atoms with Gasteiger partial charge in [0.2, 0.25) is 0 Å². The Morgan fingerprint density at radius 3 is 2.95 bits per heavy atom. The molecule has 1 fully saturated rings. The van der Waals surface area contributed by atoms with Crippen LogP contribution in [0.4, 0.5) is 5.82 Å². The van der Waals surface area contributed by atoms with Gasteiger partial charge < -0.3 is 4.90 Å². The molecular formula is C15H19BrN4. The molecule has 106 valence electrons. The van der Waals surface area contributed by atoms with Crippen molar-refractivity contribution >= 4 is 21.7 Å². The van der Waals surface area contributed by atoms with Crippen molar-refractivity contribution in [3.8, 4) is 0 Å². The van der Waals surface area contributed by atoms with E-state index >= 15 is 0 Å². The average Bonchev–Trinajstić information content (AvgIpc) is 2.99. The molecule has 2 aromatic rings. The molecule has 4 nitrogen and oxygen atoms in total. The molecule has 0 N–H and O–H groups in total. The Balaban J connectivity index is 1.67.